The van der Waals surface area contributed by atoms with Gasteiger partial charge >= 0.3 is 6.18 Å². The first-order valence-corrected chi connectivity index (χ1v) is 9.21. The molecule has 0 radical (unpaired) electrons. The summed E-state index contributed by atoms with van der Waals surface area (Å²) in [5.74, 6) is -0.109. The van der Waals surface area contributed by atoms with Gasteiger partial charge in [0.1, 0.15) is 5.75 Å². The van der Waals surface area contributed by atoms with Gasteiger partial charge in [0.25, 0.3) is 11.8 Å². The van der Waals surface area contributed by atoms with Crippen molar-refractivity contribution in [2.45, 2.75) is 6.18 Å². The van der Waals surface area contributed by atoms with E-state index < -0.39 is 11.9 Å². The van der Waals surface area contributed by atoms with E-state index in [1.54, 1.807) is 24.3 Å². The Kier molecular flexibility index (Phi) is 6.58. The number of carbonyl (C=O) groups is 2. The molecule has 2 amide bonds. The van der Waals surface area contributed by atoms with Crippen molar-refractivity contribution in [3.8, 4) is 11.4 Å². The number of hydrogen-bond acceptors (Lipinski definition) is 4. The zero-order valence-corrected chi connectivity index (χ0v) is 16.4. The van der Waals surface area contributed by atoms with E-state index in [0.717, 1.165) is 10.7 Å². The molecule has 0 unspecified atom stereocenters. The van der Waals surface area contributed by atoms with E-state index in [9.17, 15) is 22.8 Å². The van der Waals surface area contributed by atoms with Crippen LogP contribution < -0.4 is 15.4 Å². The summed E-state index contributed by atoms with van der Waals surface area (Å²) in [6, 6.07) is 13.5. The van der Waals surface area contributed by atoms with Crippen molar-refractivity contribution in [2.75, 3.05) is 20.2 Å². The summed E-state index contributed by atoms with van der Waals surface area (Å²) in [6.07, 6.45) is -3.32. The van der Waals surface area contributed by atoms with Crippen LogP contribution in [0.3, 0.4) is 0 Å². The summed E-state index contributed by atoms with van der Waals surface area (Å²) in [5.41, 5.74) is 0.155. The fourth-order valence-electron chi connectivity index (χ4n) is 2.70. The number of hydrogen-bond donors (Lipinski definition) is 2. The van der Waals surface area contributed by atoms with Crippen molar-refractivity contribution in [3.63, 3.8) is 0 Å². The first-order valence-electron chi connectivity index (χ1n) is 9.21. The van der Waals surface area contributed by atoms with Gasteiger partial charge < -0.3 is 15.4 Å². The fraction of sp³-hybridized carbons (Fsp3) is 0.190. The molecule has 0 atom stereocenters. The third kappa shape index (κ3) is 5.62. The van der Waals surface area contributed by atoms with Gasteiger partial charge in [0, 0.05) is 30.4 Å². The molecule has 3 rings (SSSR count). The van der Waals surface area contributed by atoms with Gasteiger partial charge in [-0.15, -0.1) is 0 Å². The van der Waals surface area contributed by atoms with E-state index in [4.69, 9.17) is 4.74 Å². The van der Waals surface area contributed by atoms with Gasteiger partial charge in [-0.05, 0) is 48.5 Å². The van der Waals surface area contributed by atoms with Crippen molar-refractivity contribution in [1.82, 2.24) is 20.4 Å². The first-order chi connectivity index (χ1) is 14.8. The molecule has 162 valence electrons. The van der Waals surface area contributed by atoms with Crippen LogP contribution in [-0.2, 0) is 6.18 Å². The van der Waals surface area contributed by atoms with Gasteiger partial charge in [-0.1, -0.05) is 6.07 Å². The van der Waals surface area contributed by atoms with E-state index >= 15 is 0 Å². The van der Waals surface area contributed by atoms with E-state index in [2.05, 4.69) is 15.7 Å². The highest BCUT2D eigenvalue weighted by molar-refractivity contribution is 5.95. The maximum Gasteiger partial charge on any atom is 0.435 e. The molecule has 0 bridgehead atoms. The van der Waals surface area contributed by atoms with Gasteiger partial charge in [0.05, 0.1) is 12.8 Å². The molecule has 0 aliphatic carbocycles. The Labute approximate surface area is 175 Å². The highest BCUT2D eigenvalue weighted by atomic mass is 19.4. The highest BCUT2D eigenvalue weighted by Gasteiger charge is 2.33. The molecule has 0 saturated carbocycles. The molecule has 0 fully saturated rings. The third-order valence-corrected chi connectivity index (χ3v) is 4.30. The largest absolute Gasteiger partial charge is 0.497 e. The summed E-state index contributed by atoms with van der Waals surface area (Å²) in [5, 5.41) is 8.83. The second-order valence-electron chi connectivity index (χ2n) is 6.43. The molecule has 3 aromatic rings. The van der Waals surface area contributed by atoms with Gasteiger partial charge in [-0.25, -0.2) is 4.68 Å². The van der Waals surface area contributed by atoms with Crippen LogP contribution in [0.15, 0.2) is 60.8 Å². The Balaban J connectivity index is 1.49. The zero-order valence-electron chi connectivity index (χ0n) is 16.4. The molecule has 0 aliphatic heterocycles. The number of amides is 2. The lowest BCUT2D eigenvalue weighted by Crippen LogP contribution is -2.34. The topological polar surface area (TPSA) is 85.3 Å². The highest BCUT2D eigenvalue weighted by Crippen LogP contribution is 2.27. The number of methoxy groups -OCH3 is 1. The number of nitrogens with zero attached hydrogens (tertiary/aromatic N) is 2. The summed E-state index contributed by atoms with van der Waals surface area (Å²) in [4.78, 5) is 24.3. The lowest BCUT2D eigenvalue weighted by molar-refractivity contribution is -0.141. The molecule has 2 aromatic carbocycles. The molecule has 10 heteroatoms. The number of halogens is 3. The Morgan fingerprint density at radius 3 is 2.19 bits per heavy atom. The van der Waals surface area contributed by atoms with E-state index in [1.165, 1.54) is 37.6 Å². The van der Waals surface area contributed by atoms with Gasteiger partial charge in [-0.2, -0.15) is 18.3 Å². The number of ether oxygens (including phenoxy) is 1. The normalized spacial score (nSPS) is 11.1. The van der Waals surface area contributed by atoms with E-state index in [0.29, 0.717) is 22.6 Å². The molecule has 0 saturated heterocycles. The molecule has 2 N–H and O–H groups in total. The minimum Gasteiger partial charge on any atom is -0.497 e. The average Bonchev–Trinajstić information content (AvgIpc) is 3.27. The number of rotatable bonds is 7. The van der Waals surface area contributed by atoms with Gasteiger partial charge in [0.15, 0.2) is 5.69 Å². The minimum absolute atomic E-state index is 0.199. The van der Waals surface area contributed by atoms with Crippen LogP contribution in [0.5, 0.6) is 5.75 Å². The quantitative estimate of drug-likeness (QED) is 0.562. The number of benzene rings is 2. The van der Waals surface area contributed by atoms with Crippen LogP contribution in [0.1, 0.15) is 26.4 Å². The van der Waals surface area contributed by atoms with Gasteiger partial charge in [0.2, 0.25) is 0 Å². The van der Waals surface area contributed by atoms with Crippen molar-refractivity contribution in [3.05, 3.63) is 77.6 Å². The summed E-state index contributed by atoms with van der Waals surface area (Å²) >= 11 is 0. The zero-order chi connectivity index (χ0) is 22.4. The molecular weight excluding hydrogens is 413 g/mol. The number of alkyl halides is 3. The second kappa shape index (κ2) is 9.33. The minimum atomic E-state index is -4.52. The summed E-state index contributed by atoms with van der Waals surface area (Å²) in [6.45, 7) is 0.414. The molecule has 1 aromatic heterocycles. The van der Waals surface area contributed by atoms with Crippen molar-refractivity contribution >= 4 is 11.8 Å². The van der Waals surface area contributed by atoms with Crippen LogP contribution in [-0.4, -0.2) is 41.8 Å². The number of nitrogens with one attached hydrogen (secondary N) is 2. The van der Waals surface area contributed by atoms with Crippen LogP contribution in [0.25, 0.3) is 5.69 Å². The monoisotopic (exact) mass is 432 g/mol. The lowest BCUT2D eigenvalue weighted by atomic mass is 10.2. The average molecular weight is 432 g/mol. The predicted molar refractivity (Wildman–Crippen MR) is 106 cm³/mol. The summed E-state index contributed by atoms with van der Waals surface area (Å²) in [7, 11) is 1.51. The maximum absolute atomic E-state index is 12.7. The van der Waals surface area contributed by atoms with E-state index in [-0.39, 0.29) is 24.9 Å². The predicted octanol–water partition coefficient (Wildman–Crippen LogP) is 3.06. The smallest absolute Gasteiger partial charge is 0.435 e. The lowest BCUT2D eigenvalue weighted by Gasteiger charge is -2.09. The third-order valence-electron chi connectivity index (χ3n) is 4.30. The first kappa shape index (κ1) is 21.9. The number of aromatic nitrogens is 2. The maximum atomic E-state index is 12.7. The molecule has 0 spiro atoms. The summed E-state index contributed by atoms with van der Waals surface area (Å²) < 4.78 is 44.1. The van der Waals surface area contributed by atoms with Crippen LogP contribution in [0.4, 0.5) is 13.2 Å². The van der Waals surface area contributed by atoms with Crippen molar-refractivity contribution in [1.29, 1.82) is 0 Å². The van der Waals surface area contributed by atoms with Gasteiger partial charge in [-0.3, -0.25) is 9.59 Å². The fourth-order valence-corrected chi connectivity index (χ4v) is 2.70. The Hall–Kier alpha value is -3.82. The molecule has 0 aliphatic rings. The van der Waals surface area contributed by atoms with Crippen LogP contribution >= 0.6 is 0 Å². The molecule has 1 heterocycles. The standard InChI is InChI=1S/C21H19F3N4O3/c1-31-17-4-2-3-15(13-17)20(30)26-11-10-25-19(29)14-5-7-16(8-6-14)28-12-9-18(27-28)21(22,23)24/h2-9,12-13H,10-11H2,1H3,(H,25,29)(H,26,30). The second-order valence-corrected chi connectivity index (χ2v) is 6.43. The van der Waals surface area contributed by atoms with Crippen LogP contribution in [0.2, 0.25) is 0 Å². The van der Waals surface area contributed by atoms with Crippen molar-refractivity contribution in [2.24, 2.45) is 0 Å². The SMILES string of the molecule is COc1cccc(C(=O)NCCNC(=O)c2ccc(-n3ccc(C(F)(F)F)n3)cc2)c1. The number of carbonyl (C=O) groups excluding carboxylic acids is 2. The molecule has 31 heavy (non-hydrogen) atoms. The Morgan fingerprint density at radius 2 is 1.61 bits per heavy atom. The Bertz CT molecular complexity index is 1060. The van der Waals surface area contributed by atoms with E-state index in [1.807, 2.05) is 0 Å². The Morgan fingerprint density at radius 1 is 0.968 bits per heavy atom. The molecule has 7 nitrogen and oxygen atoms in total. The van der Waals surface area contributed by atoms with Crippen molar-refractivity contribution < 1.29 is 27.5 Å². The van der Waals surface area contributed by atoms with Crippen LogP contribution in [0, 0.1) is 0 Å². The molecular formula is C21H19F3N4O3.